The van der Waals surface area contributed by atoms with Gasteiger partial charge in [0.15, 0.2) is 5.11 Å². The summed E-state index contributed by atoms with van der Waals surface area (Å²) in [5, 5.41) is 6.88. The van der Waals surface area contributed by atoms with Crippen LogP contribution in [0.15, 0.2) is 24.5 Å². The van der Waals surface area contributed by atoms with Crippen molar-refractivity contribution in [2.24, 2.45) is 0 Å². The predicted molar refractivity (Wildman–Crippen MR) is 63.3 cm³/mol. The average molecular weight is 209 g/mol. The van der Waals surface area contributed by atoms with Crippen LogP contribution in [0.4, 0.5) is 5.69 Å². The Morgan fingerprint density at radius 3 is 3.00 bits per heavy atom. The standard InChI is InChI=1S/C10H15N3S/c1-3-8(2)12-10(14)13-9-5-4-6-11-7-9/h4-8H,3H2,1-2H3,(H2,12,13,14). The van der Waals surface area contributed by atoms with Gasteiger partial charge in [-0.15, -0.1) is 0 Å². The molecule has 0 aliphatic heterocycles. The van der Waals surface area contributed by atoms with Crippen molar-refractivity contribution < 1.29 is 0 Å². The first-order valence-electron chi connectivity index (χ1n) is 4.70. The quantitative estimate of drug-likeness (QED) is 0.748. The molecule has 0 fully saturated rings. The van der Waals surface area contributed by atoms with Crippen LogP contribution >= 0.6 is 12.2 Å². The molecule has 1 rings (SSSR count). The lowest BCUT2D eigenvalue weighted by molar-refractivity contribution is 0.646. The first-order valence-corrected chi connectivity index (χ1v) is 5.10. The Morgan fingerprint density at radius 1 is 1.64 bits per heavy atom. The first kappa shape index (κ1) is 10.9. The van der Waals surface area contributed by atoms with Gasteiger partial charge in [0.2, 0.25) is 0 Å². The van der Waals surface area contributed by atoms with Crippen molar-refractivity contribution >= 4 is 23.0 Å². The number of aromatic nitrogens is 1. The topological polar surface area (TPSA) is 37.0 Å². The molecule has 0 saturated carbocycles. The SMILES string of the molecule is CCC(C)NC(=S)Nc1cccnc1. The van der Waals surface area contributed by atoms with E-state index >= 15 is 0 Å². The van der Waals surface area contributed by atoms with E-state index in [-0.39, 0.29) is 0 Å². The van der Waals surface area contributed by atoms with E-state index in [0.717, 1.165) is 12.1 Å². The number of hydrogen-bond donors (Lipinski definition) is 2. The van der Waals surface area contributed by atoms with E-state index in [0.29, 0.717) is 11.2 Å². The van der Waals surface area contributed by atoms with Crippen molar-refractivity contribution in [3.05, 3.63) is 24.5 Å². The van der Waals surface area contributed by atoms with E-state index in [1.165, 1.54) is 0 Å². The molecule has 1 unspecified atom stereocenters. The van der Waals surface area contributed by atoms with Gasteiger partial charge in [-0.1, -0.05) is 6.92 Å². The Labute approximate surface area is 89.9 Å². The molecule has 0 amide bonds. The Morgan fingerprint density at radius 2 is 2.43 bits per heavy atom. The highest BCUT2D eigenvalue weighted by Crippen LogP contribution is 2.02. The van der Waals surface area contributed by atoms with Gasteiger partial charge in [-0.25, -0.2) is 0 Å². The fourth-order valence-corrected chi connectivity index (χ4v) is 1.25. The largest absolute Gasteiger partial charge is 0.360 e. The lowest BCUT2D eigenvalue weighted by Crippen LogP contribution is -2.35. The minimum Gasteiger partial charge on any atom is -0.360 e. The molecule has 0 aromatic carbocycles. The van der Waals surface area contributed by atoms with Crippen LogP contribution in [0.3, 0.4) is 0 Å². The number of rotatable bonds is 3. The highest BCUT2D eigenvalue weighted by molar-refractivity contribution is 7.80. The summed E-state index contributed by atoms with van der Waals surface area (Å²) in [4.78, 5) is 3.99. The fraction of sp³-hybridized carbons (Fsp3) is 0.400. The fourth-order valence-electron chi connectivity index (χ4n) is 0.930. The molecule has 2 N–H and O–H groups in total. The third-order valence-electron chi connectivity index (χ3n) is 1.91. The summed E-state index contributed by atoms with van der Waals surface area (Å²) in [6, 6.07) is 4.19. The Hall–Kier alpha value is -1.16. The molecule has 0 bridgehead atoms. The van der Waals surface area contributed by atoms with Gasteiger partial charge in [0, 0.05) is 12.2 Å². The highest BCUT2D eigenvalue weighted by Gasteiger charge is 2.00. The van der Waals surface area contributed by atoms with Gasteiger partial charge in [-0.2, -0.15) is 0 Å². The molecule has 1 heterocycles. The van der Waals surface area contributed by atoms with E-state index in [9.17, 15) is 0 Å². The van der Waals surface area contributed by atoms with Crippen LogP contribution in [-0.2, 0) is 0 Å². The number of thiocarbonyl (C=S) groups is 1. The minimum atomic E-state index is 0.395. The molecule has 3 nitrogen and oxygen atoms in total. The van der Waals surface area contributed by atoms with E-state index in [1.807, 2.05) is 12.1 Å². The maximum absolute atomic E-state index is 5.13. The molecule has 1 aromatic heterocycles. The summed E-state index contributed by atoms with van der Waals surface area (Å²) in [7, 11) is 0. The summed E-state index contributed by atoms with van der Waals surface area (Å²) >= 11 is 5.13. The molecule has 0 saturated heterocycles. The zero-order chi connectivity index (χ0) is 10.4. The molecule has 4 heteroatoms. The van der Waals surface area contributed by atoms with Crippen molar-refractivity contribution in [1.82, 2.24) is 10.3 Å². The second-order valence-corrected chi connectivity index (χ2v) is 3.56. The van der Waals surface area contributed by atoms with Crippen LogP contribution in [0.25, 0.3) is 0 Å². The van der Waals surface area contributed by atoms with Crippen LogP contribution < -0.4 is 10.6 Å². The summed E-state index contributed by atoms with van der Waals surface area (Å²) in [5.41, 5.74) is 0.910. The second-order valence-electron chi connectivity index (χ2n) is 3.15. The Balaban J connectivity index is 2.42. The van der Waals surface area contributed by atoms with Crippen molar-refractivity contribution in [3.63, 3.8) is 0 Å². The number of nitrogens with one attached hydrogen (secondary N) is 2. The summed E-state index contributed by atoms with van der Waals surface area (Å²) in [5.74, 6) is 0. The van der Waals surface area contributed by atoms with Crippen molar-refractivity contribution in [2.45, 2.75) is 26.3 Å². The highest BCUT2D eigenvalue weighted by atomic mass is 32.1. The zero-order valence-corrected chi connectivity index (χ0v) is 9.27. The van der Waals surface area contributed by atoms with Gasteiger partial charge in [-0.3, -0.25) is 4.98 Å². The smallest absolute Gasteiger partial charge is 0.171 e. The Bertz CT molecular complexity index is 287. The average Bonchev–Trinajstić information content (AvgIpc) is 2.19. The molecular formula is C10H15N3S. The first-order chi connectivity index (χ1) is 6.72. The Kier molecular flexibility index (Phi) is 4.32. The van der Waals surface area contributed by atoms with Crippen LogP contribution in [0.1, 0.15) is 20.3 Å². The molecule has 0 spiro atoms. The number of nitrogens with zero attached hydrogens (tertiary/aromatic N) is 1. The maximum Gasteiger partial charge on any atom is 0.171 e. The zero-order valence-electron chi connectivity index (χ0n) is 8.45. The minimum absolute atomic E-state index is 0.395. The van der Waals surface area contributed by atoms with Crippen LogP contribution in [0, 0.1) is 0 Å². The lowest BCUT2D eigenvalue weighted by atomic mass is 10.3. The van der Waals surface area contributed by atoms with Gasteiger partial charge < -0.3 is 10.6 Å². The molecule has 1 aromatic rings. The number of hydrogen-bond acceptors (Lipinski definition) is 2. The van der Waals surface area contributed by atoms with Gasteiger partial charge >= 0.3 is 0 Å². The molecule has 0 radical (unpaired) electrons. The van der Waals surface area contributed by atoms with Gasteiger partial charge in [0.1, 0.15) is 0 Å². The van der Waals surface area contributed by atoms with Crippen LogP contribution in [-0.4, -0.2) is 16.1 Å². The van der Waals surface area contributed by atoms with Gasteiger partial charge in [-0.05, 0) is 37.7 Å². The summed E-state index contributed by atoms with van der Waals surface area (Å²) in [6.45, 7) is 4.21. The van der Waals surface area contributed by atoms with E-state index < -0.39 is 0 Å². The van der Waals surface area contributed by atoms with E-state index in [2.05, 4.69) is 29.5 Å². The maximum atomic E-state index is 5.13. The normalized spacial score (nSPS) is 11.9. The molecule has 0 aliphatic carbocycles. The third-order valence-corrected chi connectivity index (χ3v) is 2.13. The molecule has 14 heavy (non-hydrogen) atoms. The van der Waals surface area contributed by atoms with Gasteiger partial charge in [0.25, 0.3) is 0 Å². The number of pyridine rings is 1. The molecule has 1 atom stereocenters. The summed E-state index contributed by atoms with van der Waals surface area (Å²) < 4.78 is 0. The second kappa shape index (κ2) is 5.54. The van der Waals surface area contributed by atoms with Crippen LogP contribution in [0.5, 0.6) is 0 Å². The summed E-state index contributed by atoms with van der Waals surface area (Å²) in [6.07, 6.45) is 4.52. The monoisotopic (exact) mass is 209 g/mol. The van der Waals surface area contributed by atoms with Crippen molar-refractivity contribution in [3.8, 4) is 0 Å². The van der Waals surface area contributed by atoms with E-state index in [4.69, 9.17) is 12.2 Å². The van der Waals surface area contributed by atoms with Crippen molar-refractivity contribution in [2.75, 3.05) is 5.32 Å². The van der Waals surface area contributed by atoms with Gasteiger partial charge in [0.05, 0.1) is 11.9 Å². The van der Waals surface area contributed by atoms with Crippen molar-refractivity contribution in [1.29, 1.82) is 0 Å². The molecule has 0 aliphatic rings. The lowest BCUT2D eigenvalue weighted by Gasteiger charge is -2.14. The molecular weight excluding hydrogens is 194 g/mol. The molecule has 76 valence electrons. The number of anilines is 1. The third kappa shape index (κ3) is 3.70. The van der Waals surface area contributed by atoms with Crippen LogP contribution in [0.2, 0.25) is 0 Å². The van der Waals surface area contributed by atoms with E-state index in [1.54, 1.807) is 12.4 Å². The predicted octanol–water partition coefficient (Wildman–Crippen LogP) is 2.17.